The lowest BCUT2D eigenvalue weighted by molar-refractivity contribution is 0.0598. The third kappa shape index (κ3) is 2.76. The molecule has 6 nitrogen and oxygen atoms in total. The second kappa shape index (κ2) is 6.51. The minimum Gasteiger partial charge on any atom is -0.454 e. The SMILES string of the molecule is O=C(c1ccc2c(c1)OCO2)N1[C@@H]2CC[C@H]1CC(S(=O)(=O)c1ccccc1)C2. The normalized spacial score (nSPS) is 25.7. The van der Waals surface area contributed by atoms with Crippen LogP contribution in [0.25, 0.3) is 0 Å². The average Bonchev–Trinajstić information content (AvgIpc) is 3.29. The summed E-state index contributed by atoms with van der Waals surface area (Å²) in [7, 11) is -3.38. The molecule has 0 radical (unpaired) electrons. The van der Waals surface area contributed by atoms with Gasteiger partial charge in [0.15, 0.2) is 21.3 Å². The maximum Gasteiger partial charge on any atom is 0.254 e. The maximum absolute atomic E-state index is 13.2. The number of hydrogen-bond donors (Lipinski definition) is 0. The molecule has 3 heterocycles. The fourth-order valence-electron chi connectivity index (χ4n) is 4.69. The van der Waals surface area contributed by atoms with Crippen molar-refractivity contribution < 1.29 is 22.7 Å². The molecule has 1 unspecified atom stereocenters. The molecule has 1 amide bonds. The Hall–Kier alpha value is -2.54. The van der Waals surface area contributed by atoms with Crippen LogP contribution >= 0.6 is 0 Å². The standard InChI is InChI=1S/C21H21NO5S/c23-21(14-6-9-19-20(10-14)27-13-26-19)22-15-7-8-16(22)12-18(11-15)28(24,25)17-4-2-1-3-5-17/h1-6,9-10,15-16,18H,7-8,11-13H2/t15-,16+,18?. The van der Waals surface area contributed by atoms with E-state index in [0.717, 1.165) is 12.8 Å². The Kier molecular flexibility index (Phi) is 4.08. The zero-order chi connectivity index (χ0) is 19.3. The highest BCUT2D eigenvalue weighted by Gasteiger charge is 2.47. The summed E-state index contributed by atoms with van der Waals surface area (Å²) in [6.07, 6.45) is 2.68. The molecule has 0 aromatic heterocycles. The van der Waals surface area contributed by atoms with Crippen LogP contribution in [0.2, 0.25) is 0 Å². The topological polar surface area (TPSA) is 72.9 Å². The number of benzene rings is 2. The number of hydrogen-bond acceptors (Lipinski definition) is 5. The lowest BCUT2D eigenvalue weighted by Crippen LogP contribution is -2.49. The van der Waals surface area contributed by atoms with Crippen LogP contribution in [-0.4, -0.2) is 43.4 Å². The Balaban J connectivity index is 1.38. The van der Waals surface area contributed by atoms with Crippen molar-refractivity contribution in [3.8, 4) is 11.5 Å². The van der Waals surface area contributed by atoms with Crippen molar-refractivity contribution in [1.29, 1.82) is 0 Å². The molecule has 2 aromatic carbocycles. The van der Waals surface area contributed by atoms with Crippen LogP contribution in [0, 0.1) is 0 Å². The average molecular weight is 399 g/mol. The van der Waals surface area contributed by atoms with Gasteiger partial charge in [-0.05, 0) is 56.0 Å². The summed E-state index contributed by atoms with van der Waals surface area (Å²) in [5.41, 5.74) is 0.561. The number of sulfone groups is 1. The van der Waals surface area contributed by atoms with Gasteiger partial charge < -0.3 is 14.4 Å². The summed E-state index contributed by atoms with van der Waals surface area (Å²) in [5.74, 6) is 1.17. The zero-order valence-corrected chi connectivity index (χ0v) is 16.1. The fourth-order valence-corrected chi connectivity index (χ4v) is 6.57. The van der Waals surface area contributed by atoms with Gasteiger partial charge in [-0.25, -0.2) is 8.42 Å². The first-order valence-corrected chi connectivity index (χ1v) is 11.1. The maximum atomic E-state index is 13.2. The predicted molar refractivity (Wildman–Crippen MR) is 102 cm³/mol. The number of carbonyl (C=O) groups is 1. The first-order chi connectivity index (χ1) is 13.5. The predicted octanol–water partition coefficient (Wildman–Crippen LogP) is 3.02. The summed E-state index contributed by atoms with van der Waals surface area (Å²) in [6, 6.07) is 13.8. The van der Waals surface area contributed by atoms with Gasteiger partial charge in [-0.2, -0.15) is 0 Å². The van der Waals surface area contributed by atoms with E-state index in [-0.39, 0.29) is 24.8 Å². The van der Waals surface area contributed by atoms with Crippen LogP contribution in [0.3, 0.4) is 0 Å². The minimum atomic E-state index is -3.38. The second-order valence-electron chi connectivity index (χ2n) is 7.62. The van der Waals surface area contributed by atoms with E-state index < -0.39 is 15.1 Å². The van der Waals surface area contributed by atoms with E-state index in [4.69, 9.17) is 9.47 Å². The Bertz CT molecular complexity index is 1010. The Morgan fingerprint density at radius 2 is 1.61 bits per heavy atom. The molecule has 28 heavy (non-hydrogen) atoms. The van der Waals surface area contributed by atoms with Crippen LogP contribution in [0.15, 0.2) is 53.4 Å². The van der Waals surface area contributed by atoms with Gasteiger partial charge in [-0.1, -0.05) is 18.2 Å². The lowest BCUT2D eigenvalue weighted by Gasteiger charge is -2.38. The molecule has 3 atom stereocenters. The van der Waals surface area contributed by atoms with Gasteiger partial charge in [0.25, 0.3) is 5.91 Å². The van der Waals surface area contributed by atoms with Crippen molar-refractivity contribution in [3.05, 3.63) is 54.1 Å². The van der Waals surface area contributed by atoms with Gasteiger partial charge in [0, 0.05) is 17.6 Å². The molecule has 3 aliphatic heterocycles. The number of carbonyl (C=O) groups excluding carboxylic acids is 1. The van der Waals surface area contributed by atoms with Crippen molar-refractivity contribution in [1.82, 2.24) is 4.90 Å². The van der Waals surface area contributed by atoms with E-state index in [1.165, 1.54) is 0 Å². The van der Waals surface area contributed by atoms with Crippen molar-refractivity contribution in [2.24, 2.45) is 0 Å². The highest BCUT2D eigenvalue weighted by Crippen LogP contribution is 2.41. The molecule has 146 valence electrons. The molecule has 2 aromatic rings. The Morgan fingerprint density at radius 1 is 0.929 bits per heavy atom. The quantitative estimate of drug-likeness (QED) is 0.793. The molecule has 7 heteroatoms. The van der Waals surface area contributed by atoms with Crippen molar-refractivity contribution in [2.75, 3.05) is 6.79 Å². The monoisotopic (exact) mass is 399 g/mol. The van der Waals surface area contributed by atoms with Gasteiger partial charge in [0.2, 0.25) is 6.79 Å². The van der Waals surface area contributed by atoms with Crippen molar-refractivity contribution >= 4 is 15.7 Å². The number of fused-ring (bicyclic) bond motifs is 3. The molecule has 2 fully saturated rings. The van der Waals surface area contributed by atoms with Crippen molar-refractivity contribution in [3.63, 3.8) is 0 Å². The third-order valence-electron chi connectivity index (χ3n) is 6.05. The molecule has 0 spiro atoms. The molecule has 3 aliphatic rings. The number of ether oxygens (including phenoxy) is 2. The molecule has 2 saturated heterocycles. The highest BCUT2D eigenvalue weighted by atomic mass is 32.2. The summed E-state index contributed by atoms with van der Waals surface area (Å²) in [6.45, 7) is 0.168. The number of piperidine rings is 1. The lowest BCUT2D eigenvalue weighted by atomic mass is 10.0. The third-order valence-corrected chi connectivity index (χ3v) is 8.25. The largest absolute Gasteiger partial charge is 0.454 e. The van der Waals surface area contributed by atoms with Gasteiger partial charge in [0.1, 0.15) is 0 Å². The smallest absolute Gasteiger partial charge is 0.254 e. The molecule has 2 bridgehead atoms. The van der Waals surface area contributed by atoms with E-state index in [1.54, 1.807) is 42.5 Å². The first-order valence-electron chi connectivity index (χ1n) is 9.55. The van der Waals surface area contributed by atoms with Gasteiger partial charge >= 0.3 is 0 Å². The molecule has 0 aliphatic carbocycles. The summed E-state index contributed by atoms with van der Waals surface area (Å²) in [4.78, 5) is 15.4. The van der Waals surface area contributed by atoms with E-state index in [9.17, 15) is 13.2 Å². The van der Waals surface area contributed by atoms with Crippen LogP contribution in [0.5, 0.6) is 11.5 Å². The molecule has 5 rings (SSSR count). The zero-order valence-electron chi connectivity index (χ0n) is 15.3. The van der Waals surface area contributed by atoms with E-state index >= 15 is 0 Å². The van der Waals surface area contributed by atoms with Crippen molar-refractivity contribution in [2.45, 2.75) is 47.9 Å². The molecule has 0 saturated carbocycles. The summed E-state index contributed by atoms with van der Waals surface area (Å²) < 4.78 is 36.8. The Labute approximate surface area is 164 Å². The van der Waals surface area contributed by atoms with E-state index in [1.807, 2.05) is 11.0 Å². The van der Waals surface area contributed by atoms with Crippen LogP contribution < -0.4 is 9.47 Å². The highest BCUT2D eigenvalue weighted by molar-refractivity contribution is 7.92. The van der Waals surface area contributed by atoms with E-state index in [0.29, 0.717) is 34.8 Å². The number of rotatable bonds is 3. The first kappa shape index (κ1) is 17.6. The van der Waals surface area contributed by atoms with Gasteiger partial charge in [-0.15, -0.1) is 0 Å². The summed E-state index contributed by atoms with van der Waals surface area (Å²) in [5, 5.41) is -0.437. The van der Waals surface area contributed by atoms with Gasteiger partial charge in [0.05, 0.1) is 10.1 Å². The minimum absolute atomic E-state index is 0.0415. The number of nitrogens with zero attached hydrogens (tertiary/aromatic N) is 1. The molecular weight excluding hydrogens is 378 g/mol. The summed E-state index contributed by atoms with van der Waals surface area (Å²) >= 11 is 0. The van der Waals surface area contributed by atoms with E-state index in [2.05, 4.69) is 0 Å². The fraction of sp³-hybridized carbons (Fsp3) is 0.381. The second-order valence-corrected chi connectivity index (χ2v) is 9.85. The van der Waals surface area contributed by atoms with Gasteiger partial charge in [-0.3, -0.25) is 4.79 Å². The van der Waals surface area contributed by atoms with Crippen LogP contribution in [-0.2, 0) is 9.84 Å². The van der Waals surface area contributed by atoms with Crippen LogP contribution in [0.1, 0.15) is 36.0 Å². The molecular formula is C21H21NO5S. The molecule has 0 N–H and O–H groups in total. The van der Waals surface area contributed by atoms with Crippen LogP contribution in [0.4, 0.5) is 0 Å². The number of amides is 1. The Morgan fingerprint density at radius 3 is 2.32 bits per heavy atom.